The molecule has 1 aromatic rings. The van der Waals surface area contributed by atoms with Crippen LogP contribution in [0.25, 0.3) is 5.70 Å². The van der Waals surface area contributed by atoms with E-state index < -0.39 is 5.91 Å². The minimum Gasteiger partial charge on any atom is -0.311 e. The van der Waals surface area contributed by atoms with Crippen LogP contribution in [0.4, 0.5) is 0 Å². The van der Waals surface area contributed by atoms with Gasteiger partial charge < -0.3 is 9.88 Å². The van der Waals surface area contributed by atoms with Gasteiger partial charge in [-0.25, -0.2) is 5.48 Å². The molecule has 0 saturated carbocycles. The Labute approximate surface area is 156 Å². The summed E-state index contributed by atoms with van der Waals surface area (Å²) in [6.45, 7) is 10.3. The minimum absolute atomic E-state index is 0.0142. The molecular weight excluding hydrogens is 328 g/mol. The lowest BCUT2D eigenvalue weighted by Crippen LogP contribution is -2.27. The van der Waals surface area contributed by atoms with Crippen LogP contribution >= 0.6 is 0 Å². The molecular formula is C20H32N4O2. The molecule has 0 spiro atoms. The van der Waals surface area contributed by atoms with E-state index in [0.29, 0.717) is 18.5 Å². The topological polar surface area (TPSA) is 90.1 Å². The normalized spacial score (nSPS) is 12.6. The molecule has 1 heterocycles. The number of hydrogen-bond acceptors (Lipinski definition) is 4. The predicted molar refractivity (Wildman–Crippen MR) is 105 cm³/mol. The number of amides is 1. The van der Waals surface area contributed by atoms with Crippen molar-refractivity contribution in [2.24, 2.45) is 5.41 Å². The van der Waals surface area contributed by atoms with Crippen molar-refractivity contribution in [3.63, 3.8) is 0 Å². The number of rotatable bonds is 9. The Hall–Kier alpha value is -2.18. The second kappa shape index (κ2) is 10.7. The Bertz CT molecular complexity index is 696. The van der Waals surface area contributed by atoms with Gasteiger partial charge in [-0.05, 0) is 42.5 Å². The average molecular weight is 361 g/mol. The first-order valence-electron chi connectivity index (χ1n) is 9.06. The lowest BCUT2D eigenvalue weighted by atomic mass is 9.95. The zero-order chi connectivity index (χ0) is 19.6. The predicted octanol–water partition coefficient (Wildman–Crippen LogP) is 2.85. The van der Waals surface area contributed by atoms with Crippen LogP contribution in [-0.4, -0.2) is 28.8 Å². The molecule has 0 aliphatic heterocycles. The van der Waals surface area contributed by atoms with E-state index in [-0.39, 0.29) is 5.41 Å². The number of carbonyl (C=O) groups excluding carboxylic acids is 1. The first-order chi connectivity index (χ1) is 12.3. The van der Waals surface area contributed by atoms with Gasteiger partial charge in [0.1, 0.15) is 5.49 Å². The second-order valence-electron chi connectivity index (χ2n) is 7.40. The number of hydroxylamine groups is 1. The third kappa shape index (κ3) is 8.27. The van der Waals surface area contributed by atoms with Gasteiger partial charge in [0.25, 0.3) is 5.91 Å². The van der Waals surface area contributed by atoms with E-state index >= 15 is 0 Å². The van der Waals surface area contributed by atoms with Gasteiger partial charge in [0.15, 0.2) is 0 Å². The van der Waals surface area contributed by atoms with Crippen LogP contribution in [0, 0.1) is 10.8 Å². The molecule has 0 bridgehead atoms. The molecule has 1 rings (SSSR count). The van der Waals surface area contributed by atoms with Crippen molar-refractivity contribution in [1.29, 1.82) is 5.41 Å². The molecule has 0 unspecified atom stereocenters. The summed E-state index contributed by atoms with van der Waals surface area (Å²) in [4.78, 5) is 11.0. The van der Waals surface area contributed by atoms with E-state index in [1.165, 1.54) is 6.08 Å². The number of unbranched alkanes of at least 4 members (excludes halogenated alkanes) is 1. The molecule has 0 aliphatic rings. The van der Waals surface area contributed by atoms with Gasteiger partial charge in [-0.3, -0.25) is 15.4 Å². The zero-order valence-electron chi connectivity index (χ0n) is 16.3. The van der Waals surface area contributed by atoms with E-state index in [4.69, 9.17) is 10.6 Å². The maximum Gasteiger partial charge on any atom is 0.267 e. The van der Waals surface area contributed by atoms with Crippen molar-refractivity contribution < 1.29 is 10.0 Å². The SMILES string of the molecule is CCCCNC/C(=C\C(C)(C)C)n1ccc(C/C=C/C(=O)NO)cc1=N. The molecule has 0 atom stereocenters. The van der Waals surface area contributed by atoms with E-state index in [0.717, 1.165) is 30.6 Å². The monoisotopic (exact) mass is 360 g/mol. The fourth-order valence-corrected chi connectivity index (χ4v) is 2.48. The quantitative estimate of drug-likeness (QED) is 0.236. The molecule has 0 saturated heterocycles. The third-order valence-corrected chi connectivity index (χ3v) is 3.67. The van der Waals surface area contributed by atoms with E-state index in [1.807, 2.05) is 16.8 Å². The highest BCUT2D eigenvalue weighted by atomic mass is 16.5. The number of aromatic nitrogens is 1. The number of nitrogens with zero attached hydrogens (tertiary/aromatic N) is 1. The van der Waals surface area contributed by atoms with Crippen LogP contribution in [0.15, 0.2) is 36.6 Å². The fraction of sp³-hybridized carbons (Fsp3) is 0.500. The summed E-state index contributed by atoms with van der Waals surface area (Å²) in [5.74, 6) is -0.560. The molecule has 6 nitrogen and oxygen atoms in total. The summed E-state index contributed by atoms with van der Waals surface area (Å²) in [7, 11) is 0. The molecule has 0 aromatic carbocycles. The Kier molecular flexibility index (Phi) is 9.02. The van der Waals surface area contributed by atoms with Crippen molar-refractivity contribution >= 4 is 11.6 Å². The molecule has 1 aromatic heterocycles. The van der Waals surface area contributed by atoms with Crippen molar-refractivity contribution in [1.82, 2.24) is 15.4 Å². The van der Waals surface area contributed by atoms with Gasteiger partial charge in [0.05, 0.1) is 0 Å². The van der Waals surface area contributed by atoms with Gasteiger partial charge in [0, 0.05) is 24.5 Å². The van der Waals surface area contributed by atoms with Gasteiger partial charge in [-0.2, -0.15) is 0 Å². The third-order valence-electron chi connectivity index (χ3n) is 3.67. The van der Waals surface area contributed by atoms with Crippen LogP contribution < -0.4 is 16.3 Å². The lowest BCUT2D eigenvalue weighted by molar-refractivity contribution is -0.124. The molecule has 26 heavy (non-hydrogen) atoms. The highest BCUT2D eigenvalue weighted by Gasteiger charge is 2.10. The molecule has 6 heteroatoms. The van der Waals surface area contributed by atoms with Crippen LogP contribution in [0.5, 0.6) is 0 Å². The molecule has 1 amide bonds. The second-order valence-corrected chi connectivity index (χ2v) is 7.40. The summed E-state index contributed by atoms with van der Waals surface area (Å²) < 4.78 is 1.89. The largest absolute Gasteiger partial charge is 0.311 e. The summed E-state index contributed by atoms with van der Waals surface area (Å²) in [5.41, 5.74) is 3.96. The van der Waals surface area contributed by atoms with Gasteiger partial charge in [0.2, 0.25) is 0 Å². The maximum atomic E-state index is 11.0. The molecule has 0 fully saturated rings. The first kappa shape index (κ1) is 21.9. The highest BCUT2D eigenvalue weighted by molar-refractivity contribution is 5.86. The van der Waals surface area contributed by atoms with Crippen molar-refractivity contribution in [3.8, 4) is 0 Å². The minimum atomic E-state index is -0.560. The number of nitrogens with one attached hydrogen (secondary N) is 3. The first-order valence-corrected chi connectivity index (χ1v) is 9.06. The fourth-order valence-electron chi connectivity index (χ4n) is 2.48. The van der Waals surface area contributed by atoms with E-state index in [9.17, 15) is 4.79 Å². The standard InChI is InChI=1S/C20H32N4O2/c1-5-6-11-22-15-17(14-20(2,3)4)24-12-10-16(13-18(24)21)8-7-9-19(25)23-26/h7,9-10,12-14,21-22,26H,5-6,8,11,15H2,1-4H3,(H,23,25)/b9-7+,17-14+,21-18?. The van der Waals surface area contributed by atoms with Crippen LogP contribution in [0.1, 0.15) is 46.1 Å². The number of pyridine rings is 1. The van der Waals surface area contributed by atoms with Crippen molar-refractivity contribution in [3.05, 3.63) is 47.6 Å². The Morgan fingerprint density at radius 1 is 1.38 bits per heavy atom. The highest BCUT2D eigenvalue weighted by Crippen LogP contribution is 2.19. The summed E-state index contributed by atoms with van der Waals surface area (Å²) in [6.07, 6.45) is 9.82. The Morgan fingerprint density at radius 2 is 2.12 bits per heavy atom. The Balaban J connectivity index is 2.97. The van der Waals surface area contributed by atoms with Gasteiger partial charge in [-0.1, -0.05) is 46.3 Å². The van der Waals surface area contributed by atoms with Gasteiger partial charge in [-0.15, -0.1) is 0 Å². The average Bonchev–Trinajstić information content (AvgIpc) is 2.56. The van der Waals surface area contributed by atoms with E-state index in [2.05, 4.69) is 39.1 Å². The number of carbonyl (C=O) groups is 1. The zero-order valence-corrected chi connectivity index (χ0v) is 16.3. The van der Waals surface area contributed by atoms with Crippen LogP contribution in [0.2, 0.25) is 0 Å². The molecule has 4 N–H and O–H groups in total. The van der Waals surface area contributed by atoms with E-state index in [1.54, 1.807) is 17.6 Å². The Morgan fingerprint density at radius 3 is 2.69 bits per heavy atom. The van der Waals surface area contributed by atoms with Crippen molar-refractivity contribution in [2.45, 2.75) is 47.0 Å². The number of allylic oxidation sites excluding steroid dienone is 2. The summed E-state index contributed by atoms with van der Waals surface area (Å²) >= 11 is 0. The smallest absolute Gasteiger partial charge is 0.267 e. The number of hydrogen-bond donors (Lipinski definition) is 4. The van der Waals surface area contributed by atoms with Crippen LogP contribution in [0.3, 0.4) is 0 Å². The maximum absolute atomic E-state index is 11.0. The van der Waals surface area contributed by atoms with Gasteiger partial charge >= 0.3 is 0 Å². The summed E-state index contributed by atoms with van der Waals surface area (Å²) in [5, 5.41) is 20.3. The van der Waals surface area contributed by atoms with Crippen LogP contribution in [-0.2, 0) is 11.2 Å². The lowest BCUT2D eigenvalue weighted by Gasteiger charge is -2.19. The molecule has 144 valence electrons. The molecule has 0 radical (unpaired) electrons. The summed E-state index contributed by atoms with van der Waals surface area (Å²) in [6, 6.07) is 3.74. The van der Waals surface area contributed by atoms with Crippen molar-refractivity contribution in [2.75, 3.05) is 13.1 Å². The molecule has 0 aliphatic carbocycles.